The van der Waals surface area contributed by atoms with E-state index in [1.165, 1.54) is 0 Å². The van der Waals surface area contributed by atoms with Crippen molar-refractivity contribution in [2.75, 3.05) is 6.54 Å². The summed E-state index contributed by atoms with van der Waals surface area (Å²) in [5.74, 6) is -3.89. The fourth-order valence-electron chi connectivity index (χ4n) is 2.43. The predicted molar refractivity (Wildman–Crippen MR) is 106 cm³/mol. The Kier molecular flexibility index (Phi) is 12.0. The molecule has 2 amide bonds. The molecule has 0 aromatic carbocycles. The van der Waals surface area contributed by atoms with Gasteiger partial charge in [-0.25, -0.2) is 4.79 Å². The van der Waals surface area contributed by atoms with Gasteiger partial charge in [-0.3, -0.25) is 19.4 Å². The van der Waals surface area contributed by atoms with E-state index in [0.717, 1.165) is 0 Å². The van der Waals surface area contributed by atoms with Gasteiger partial charge in [0.15, 0.2) is 5.96 Å². The van der Waals surface area contributed by atoms with Gasteiger partial charge < -0.3 is 38.0 Å². The maximum atomic E-state index is 12.5. The minimum atomic E-state index is -1.23. The van der Waals surface area contributed by atoms with Crippen molar-refractivity contribution >= 4 is 29.7 Å². The number of nitrogens with one attached hydrogen (secondary N) is 2. The molecule has 0 saturated carbocycles. The molecular weight excluding hydrogens is 384 g/mol. The van der Waals surface area contributed by atoms with Gasteiger partial charge in [0, 0.05) is 13.0 Å². The van der Waals surface area contributed by atoms with Crippen LogP contribution in [0.3, 0.4) is 0 Å². The largest absolute Gasteiger partial charge is 0.481 e. The van der Waals surface area contributed by atoms with E-state index in [4.69, 9.17) is 22.3 Å². The molecule has 0 aliphatic heterocycles. The van der Waals surface area contributed by atoms with Crippen molar-refractivity contribution in [3.63, 3.8) is 0 Å². The quantitative estimate of drug-likeness (QED) is 0.0975. The van der Waals surface area contributed by atoms with E-state index in [0.29, 0.717) is 6.42 Å². The second kappa shape index (κ2) is 13.3. The molecule has 166 valence electrons. The van der Waals surface area contributed by atoms with Crippen molar-refractivity contribution in [2.24, 2.45) is 28.1 Å². The van der Waals surface area contributed by atoms with Gasteiger partial charge in [-0.05, 0) is 31.6 Å². The molecule has 12 heteroatoms. The number of rotatable bonds is 14. The SMILES string of the molecule is CC(C)C[C@H](NC(=O)[C@H](CCC(=O)O)NC(=O)[C@@H](N)CCCN=C(N)N)C(=O)O. The number of carbonyl (C=O) groups excluding carboxylic acids is 2. The Labute approximate surface area is 169 Å². The number of nitrogens with zero attached hydrogens (tertiary/aromatic N) is 1. The highest BCUT2D eigenvalue weighted by Crippen LogP contribution is 2.07. The Balaban J connectivity index is 4.99. The lowest BCUT2D eigenvalue weighted by Crippen LogP contribution is -2.54. The van der Waals surface area contributed by atoms with E-state index >= 15 is 0 Å². The molecule has 0 aromatic rings. The van der Waals surface area contributed by atoms with Gasteiger partial charge in [-0.2, -0.15) is 0 Å². The molecule has 0 heterocycles. The van der Waals surface area contributed by atoms with Crippen molar-refractivity contribution in [3.8, 4) is 0 Å². The highest BCUT2D eigenvalue weighted by molar-refractivity contribution is 5.92. The van der Waals surface area contributed by atoms with Gasteiger partial charge >= 0.3 is 11.9 Å². The summed E-state index contributed by atoms with van der Waals surface area (Å²) in [5, 5.41) is 22.9. The maximum Gasteiger partial charge on any atom is 0.326 e. The number of hydrogen-bond donors (Lipinski definition) is 7. The van der Waals surface area contributed by atoms with Gasteiger partial charge in [0.1, 0.15) is 12.1 Å². The number of aliphatic carboxylic acids is 2. The van der Waals surface area contributed by atoms with Crippen LogP contribution in [0, 0.1) is 5.92 Å². The molecular formula is C17H32N6O6. The van der Waals surface area contributed by atoms with E-state index in [2.05, 4.69) is 15.6 Å². The highest BCUT2D eigenvalue weighted by Gasteiger charge is 2.28. The van der Waals surface area contributed by atoms with Gasteiger partial charge in [0.25, 0.3) is 0 Å². The van der Waals surface area contributed by atoms with Crippen molar-refractivity contribution in [2.45, 2.75) is 64.1 Å². The van der Waals surface area contributed by atoms with Crippen molar-refractivity contribution in [3.05, 3.63) is 0 Å². The van der Waals surface area contributed by atoms with E-state index in [1.54, 1.807) is 13.8 Å². The lowest BCUT2D eigenvalue weighted by Gasteiger charge is -2.23. The zero-order valence-electron chi connectivity index (χ0n) is 16.8. The van der Waals surface area contributed by atoms with Crippen LogP contribution in [-0.2, 0) is 19.2 Å². The first-order valence-corrected chi connectivity index (χ1v) is 9.30. The van der Waals surface area contributed by atoms with Crippen LogP contribution < -0.4 is 27.8 Å². The van der Waals surface area contributed by atoms with Gasteiger partial charge in [-0.1, -0.05) is 13.8 Å². The van der Waals surface area contributed by atoms with E-state index < -0.39 is 41.9 Å². The number of nitrogens with two attached hydrogens (primary N) is 3. The fourth-order valence-corrected chi connectivity index (χ4v) is 2.43. The van der Waals surface area contributed by atoms with Crippen LogP contribution >= 0.6 is 0 Å². The van der Waals surface area contributed by atoms with Gasteiger partial charge in [0.2, 0.25) is 11.8 Å². The fraction of sp³-hybridized carbons (Fsp3) is 0.706. The summed E-state index contributed by atoms with van der Waals surface area (Å²) >= 11 is 0. The van der Waals surface area contributed by atoms with Crippen LogP contribution in [0.1, 0.15) is 46.0 Å². The molecule has 0 aliphatic rings. The summed E-state index contributed by atoms with van der Waals surface area (Å²) < 4.78 is 0. The lowest BCUT2D eigenvalue weighted by atomic mass is 10.0. The highest BCUT2D eigenvalue weighted by atomic mass is 16.4. The summed E-state index contributed by atoms with van der Waals surface area (Å²) in [7, 11) is 0. The van der Waals surface area contributed by atoms with E-state index in [9.17, 15) is 24.3 Å². The topological polar surface area (TPSA) is 223 Å². The summed E-state index contributed by atoms with van der Waals surface area (Å²) in [6.45, 7) is 3.88. The van der Waals surface area contributed by atoms with Crippen molar-refractivity contribution in [1.82, 2.24) is 10.6 Å². The number of amides is 2. The van der Waals surface area contributed by atoms with Gasteiger partial charge in [0.05, 0.1) is 6.04 Å². The van der Waals surface area contributed by atoms with Crippen LogP contribution in [0.2, 0.25) is 0 Å². The normalized spacial score (nSPS) is 13.8. The zero-order valence-corrected chi connectivity index (χ0v) is 16.8. The molecule has 10 N–H and O–H groups in total. The molecule has 3 atom stereocenters. The summed E-state index contributed by atoms with van der Waals surface area (Å²) in [4.78, 5) is 50.7. The predicted octanol–water partition coefficient (Wildman–Crippen LogP) is -1.67. The Morgan fingerprint density at radius 2 is 1.55 bits per heavy atom. The number of aliphatic imine (C=N–C) groups is 1. The number of hydrogen-bond acceptors (Lipinski definition) is 6. The summed E-state index contributed by atoms with van der Waals surface area (Å²) in [6.07, 6.45) is 0.252. The Morgan fingerprint density at radius 3 is 2.03 bits per heavy atom. The number of carboxylic acid groups (broad SMARTS) is 2. The van der Waals surface area contributed by atoms with Gasteiger partial charge in [-0.15, -0.1) is 0 Å². The monoisotopic (exact) mass is 416 g/mol. The van der Waals surface area contributed by atoms with Crippen molar-refractivity contribution in [1.29, 1.82) is 0 Å². The molecule has 0 fully saturated rings. The second-order valence-electron chi connectivity index (χ2n) is 7.08. The molecule has 29 heavy (non-hydrogen) atoms. The third-order valence-electron chi connectivity index (χ3n) is 3.91. The second-order valence-corrected chi connectivity index (χ2v) is 7.08. The molecule has 0 aliphatic carbocycles. The molecule has 0 radical (unpaired) electrons. The van der Waals surface area contributed by atoms with Crippen LogP contribution in [0.15, 0.2) is 4.99 Å². The minimum Gasteiger partial charge on any atom is -0.481 e. The molecule has 0 aromatic heterocycles. The Morgan fingerprint density at radius 1 is 0.966 bits per heavy atom. The van der Waals surface area contributed by atoms with Crippen LogP contribution in [0.5, 0.6) is 0 Å². The number of guanidine groups is 1. The summed E-state index contributed by atoms with van der Waals surface area (Å²) in [5.41, 5.74) is 16.2. The third kappa shape index (κ3) is 12.2. The van der Waals surface area contributed by atoms with Crippen molar-refractivity contribution < 1.29 is 29.4 Å². The average Bonchev–Trinajstić information content (AvgIpc) is 2.60. The summed E-state index contributed by atoms with van der Waals surface area (Å²) in [6, 6.07) is -3.34. The Hall–Kier alpha value is -2.89. The molecule has 0 bridgehead atoms. The smallest absolute Gasteiger partial charge is 0.326 e. The molecule has 0 unspecified atom stereocenters. The molecule has 0 spiro atoms. The standard InChI is InChI=1S/C17H32N6O6/c1-9(2)8-12(16(28)29)23-15(27)11(5-6-13(24)25)22-14(26)10(18)4-3-7-21-17(19)20/h9-12H,3-8,18H2,1-2H3,(H,22,26)(H,23,27)(H,24,25)(H,28,29)(H4,19,20,21)/t10-,11-,12-/m0/s1. The number of carboxylic acids is 2. The molecule has 0 rings (SSSR count). The lowest BCUT2D eigenvalue weighted by molar-refractivity contribution is -0.143. The first kappa shape index (κ1) is 26.1. The first-order chi connectivity index (χ1) is 13.4. The first-order valence-electron chi connectivity index (χ1n) is 9.30. The van der Waals surface area contributed by atoms with Crippen LogP contribution in [0.4, 0.5) is 0 Å². The zero-order chi connectivity index (χ0) is 22.6. The van der Waals surface area contributed by atoms with Crippen LogP contribution in [0.25, 0.3) is 0 Å². The van der Waals surface area contributed by atoms with E-state index in [-0.39, 0.29) is 44.1 Å². The number of carbonyl (C=O) groups is 4. The van der Waals surface area contributed by atoms with E-state index in [1.807, 2.05) is 0 Å². The third-order valence-corrected chi connectivity index (χ3v) is 3.91. The maximum absolute atomic E-state index is 12.5. The molecule has 0 saturated heterocycles. The minimum absolute atomic E-state index is 0.00194. The Bertz CT molecular complexity index is 605. The van der Waals surface area contributed by atoms with Crippen LogP contribution in [-0.4, -0.2) is 64.6 Å². The average molecular weight is 416 g/mol. The molecule has 12 nitrogen and oxygen atoms in total.